The van der Waals surface area contributed by atoms with Crippen LogP contribution < -0.4 is 10.1 Å². The van der Waals surface area contributed by atoms with Gasteiger partial charge in [0.2, 0.25) is 0 Å². The number of amides is 1. The molecule has 0 atom stereocenters. The van der Waals surface area contributed by atoms with Crippen molar-refractivity contribution < 1.29 is 9.53 Å². The number of halogens is 2. The zero-order chi connectivity index (χ0) is 15.2. The summed E-state index contributed by atoms with van der Waals surface area (Å²) in [6, 6.07) is 12.4. The Bertz CT molecular complexity index is 646. The molecular formula is C16H15BrClNO2. The number of hydrogen-bond acceptors (Lipinski definition) is 2. The number of nitrogens with one attached hydrogen (secondary N) is 1. The van der Waals surface area contributed by atoms with Crippen LogP contribution in [0.15, 0.2) is 46.9 Å². The fourth-order valence-electron chi connectivity index (χ4n) is 1.72. The zero-order valence-corrected chi connectivity index (χ0v) is 13.9. The first-order valence-corrected chi connectivity index (χ1v) is 7.76. The van der Waals surface area contributed by atoms with E-state index in [1.807, 2.05) is 25.1 Å². The van der Waals surface area contributed by atoms with Crippen molar-refractivity contribution in [3.63, 3.8) is 0 Å². The molecule has 110 valence electrons. The fraction of sp³-hybridized carbons (Fsp3) is 0.188. The second-order valence-electron chi connectivity index (χ2n) is 4.46. The first-order chi connectivity index (χ1) is 10.1. The Morgan fingerprint density at radius 1 is 1.29 bits per heavy atom. The van der Waals surface area contributed by atoms with Crippen molar-refractivity contribution in [1.82, 2.24) is 0 Å². The van der Waals surface area contributed by atoms with Crippen molar-refractivity contribution in [2.24, 2.45) is 0 Å². The number of hydrogen-bond donors (Lipinski definition) is 1. The van der Waals surface area contributed by atoms with Gasteiger partial charge in [0.25, 0.3) is 5.91 Å². The quantitative estimate of drug-likeness (QED) is 0.793. The molecule has 0 aliphatic carbocycles. The maximum absolute atomic E-state index is 12.2. The van der Waals surface area contributed by atoms with E-state index in [0.29, 0.717) is 22.9 Å². The number of ether oxygens (including phenoxy) is 1. The highest BCUT2D eigenvalue weighted by molar-refractivity contribution is 9.10. The molecule has 0 unspecified atom stereocenters. The van der Waals surface area contributed by atoms with Crippen molar-refractivity contribution in [2.45, 2.75) is 13.3 Å². The van der Waals surface area contributed by atoms with Gasteiger partial charge in [0.05, 0.1) is 11.6 Å². The number of anilines is 1. The number of carbonyl (C=O) groups excluding carboxylic acids is 1. The number of rotatable bonds is 5. The molecule has 0 saturated heterocycles. The first kappa shape index (κ1) is 15.9. The molecule has 0 bridgehead atoms. The van der Waals surface area contributed by atoms with E-state index in [9.17, 15) is 4.79 Å². The van der Waals surface area contributed by atoms with Crippen molar-refractivity contribution in [1.29, 1.82) is 0 Å². The number of benzene rings is 2. The molecule has 0 radical (unpaired) electrons. The van der Waals surface area contributed by atoms with Crippen LogP contribution in [-0.2, 0) is 0 Å². The van der Waals surface area contributed by atoms with E-state index in [4.69, 9.17) is 16.3 Å². The normalized spacial score (nSPS) is 10.2. The van der Waals surface area contributed by atoms with Crippen LogP contribution in [0, 0.1) is 0 Å². The molecule has 1 N–H and O–H groups in total. The van der Waals surface area contributed by atoms with Gasteiger partial charge in [0.15, 0.2) is 0 Å². The van der Waals surface area contributed by atoms with Gasteiger partial charge < -0.3 is 10.1 Å². The molecule has 21 heavy (non-hydrogen) atoms. The van der Waals surface area contributed by atoms with Crippen LogP contribution in [0.25, 0.3) is 0 Å². The molecule has 1 amide bonds. The minimum atomic E-state index is -0.211. The third-order valence-corrected chi connectivity index (χ3v) is 3.98. The summed E-state index contributed by atoms with van der Waals surface area (Å²) in [7, 11) is 0. The lowest BCUT2D eigenvalue weighted by atomic mass is 10.2. The summed E-state index contributed by atoms with van der Waals surface area (Å²) in [5.74, 6) is 0.528. The molecule has 5 heteroatoms. The Morgan fingerprint density at radius 2 is 2.10 bits per heavy atom. The van der Waals surface area contributed by atoms with Crippen LogP contribution in [0.2, 0.25) is 5.02 Å². The summed E-state index contributed by atoms with van der Waals surface area (Å²) in [6.45, 7) is 2.70. The van der Waals surface area contributed by atoms with Gasteiger partial charge in [-0.3, -0.25) is 4.79 Å². The Hall–Kier alpha value is -1.52. The molecule has 0 fully saturated rings. The molecule has 3 nitrogen and oxygen atoms in total. The predicted octanol–water partition coefficient (Wildman–Crippen LogP) is 5.14. The van der Waals surface area contributed by atoms with Crippen LogP contribution >= 0.6 is 27.5 Å². The fourth-order valence-corrected chi connectivity index (χ4v) is 2.15. The molecule has 2 rings (SSSR count). The number of carbonyl (C=O) groups is 1. The monoisotopic (exact) mass is 367 g/mol. The highest BCUT2D eigenvalue weighted by Gasteiger charge is 2.08. The van der Waals surface area contributed by atoms with Gasteiger partial charge in [-0.15, -0.1) is 0 Å². The summed E-state index contributed by atoms with van der Waals surface area (Å²) in [6.07, 6.45) is 0.938. The van der Waals surface area contributed by atoms with Crippen molar-refractivity contribution in [2.75, 3.05) is 11.9 Å². The zero-order valence-electron chi connectivity index (χ0n) is 11.5. The smallest absolute Gasteiger partial charge is 0.255 e. The summed E-state index contributed by atoms with van der Waals surface area (Å²) in [5, 5.41) is 3.33. The van der Waals surface area contributed by atoms with Gasteiger partial charge in [-0.1, -0.05) is 24.6 Å². The molecule has 0 aromatic heterocycles. The lowest BCUT2D eigenvalue weighted by Gasteiger charge is -2.09. The van der Waals surface area contributed by atoms with Crippen LogP contribution in [0.1, 0.15) is 23.7 Å². The van der Waals surface area contributed by atoms with Gasteiger partial charge >= 0.3 is 0 Å². The lowest BCUT2D eigenvalue weighted by molar-refractivity contribution is 0.102. The third-order valence-electron chi connectivity index (χ3n) is 2.75. The highest BCUT2D eigenvalue weighted by atomic mass is 79.9. The van der Waals surface area contributed by atoms with Crippen molar-refractivity contribution in [3.05, 3.63) is 57.5 Å². The third kappa shape index (κ3) is 4.48. The highest BCUT2D eigenvalue weighted by Crippen LogP contribution is 2.24. The summed E-state index contributed by atoms with van der Waals surface area (Å²) in [4.78, 5) is 12.2. The molecular weight excluding hydrogens is 354 g/mol. The largest absolute Gasteiger partial charge is 0.494 e. The maximum atomic E-state index is 12.2. The Morgan fingerprint density at radius 3 is 2.81 bits per heavy atom. The van der Waals surface area contributed by atoms with Gasteiger partial charge in [-0.2, -0.15) is 0 Å². The maximum Gasteiger partial charge on any atom is 0.255 e. The average molecular weight is 369 g/mol. The minimum absolute atomic E-state index is 0.211. The van der Waals surface area contributed by atoms with Crippen molar-refractivity contribution >= 4 is 39.1 Å². The Kier molecular flexibility index (Phi) is 5.65. The molecule has 2 aromatic rings. The van der Waals surface area contributed by atoms with Gasteiger partial charge in [-0.05, 0) is 52.7 Å². The SMILES string of the molecule is CCCOc1cccc(NC(=O)c2ccc(Br)c(Cl)c2)c1. The summed E-state index contributed by atoms with van der Waals surface area (Å²) < 4.78 is 6.30. The predicted molar refractivity (Wildman–Crippen MR) is 89.3 cm³/mol. The van der Waals surface area contributed by atoms with Crippen LogP contribution in [0.4, 0.5) is 5.69 Å². The standard InChI is InChI=1S/C16H15BrClNO2/c1-2-8-21-13-5-3-4-12(10-13)19-16(20)11-6-7-14(17)15(18)9-11/h3-7,9-10H,2,8H2,1H3,(H,19,20). The molecule has 0 spiro atoms. The van der Waals surface area contributed by atoms with E-state index >= 15 is 0 Å². The second kappa shape index (κ2) is 7.48. The molecule has 0 saturated carbocycles. The van der Waals surface area contributed by atoms with E-state index in [0.717, 1.165) is 16.6 Å². The van der Waals surface area contributed by atoms with E-state index in [1.165, 1.54) is 0 Å². The van der Waals surface area contributed by atoms with Gasteiger partial charge in [0.1, 0.15) is 5.75 Å². The Labute approximate surface area is 137 Å². The molecule has 0 heterocycles. The van der Waals surface area contributed by atoms with Crippen LogP contribution in [-0.4, -0.2) is 12.5 Å². The average Bonchev–Trinajstić information content (AvgIpc) is 2.48. The van der Waals surface area contributed by atoms with Crippen LogP contribution in [0.5, 0.6) is 5.75 Å². The minimum Gasteiger partial charge on any atom is -0.494 e. The van der Waals surface area contributed by atoms with Crippen molar-refractivity contribution in [3.8, 4) is 5.75 Å². The van der Waals surface area contributed by atoms with Gasteiger partial charge in [0, 0.05) is 21.8 Å². The molecule has 2 aromatic carbocycles. The van der Waals surface area contributed by atoms with Crippen LogP contribution in [0.3, 0.4) is 0 Å². The topological polar surface area (TPSA) is 38.3 Å². The van der Waals surface area contributed by atoms with Gasteiger partial charge in [-0.25, -0.2) is 0 Å². The lowest BCUT2D eigenvalue weighted by Crippen LogP contribution is -2.11. The first-order valence-electron chi connectivity index (χ1n) is 6.59. The van der Waals surface area contributed by atoms with E-state index in [1.54, 1.807) is 24.3 Å². The summed E-state index contributed by atoms with van der Waals surface area (Å²) in [5.41, 5.74) is 1.19. The summed E-state index contributed by atoms with van der Waals surface area (Å²) >= 11 is 9.30. The molecule has 0 aliphatic rings. The van der Waals surface area contributed by atoms with E-state index < -0.39 is 0 Å². The Balaban J connectivity index is 2.10. The van der Waals surface area contributed by atoms with E-state index in [2.05, 4.69) is 21.2 Å². The van der Waals surface area contributed by atoms with E-state index in [-0.39, 0.29) is 5.91 Å². The molecule has 0 aliphatic heterocycles. The second-order valence-corrected chi connectivity index (χ2v) is 5.72.